The Labute approximate surface area is 206 Å². The van der Waals surface area contributed by atoms with Gasteiger partial charge in [0.2, 0.25) is 17.7 Å². The van der Waals surface area contributed by atoms with Crippen LogP contribution < -0.4 is 10.8 Å². The number of hydrogen-bond acceptors (Lipinski definition) is 6. The molecule has 1 saturated carbocycles. The van der Waals surface area contributed by atoms with Gasteiger partial charge in [0.15, 0.2) is 6.04 Å². The molecule has 1 heterocycles. The lowest BCUT2D eigenvalue weighted by atomic mass is 10.1. The lowest BCUT2D eigenvalue weighted by Crippen LogP contribution is -2.48. The Hall–Kier alpha value is -2.94. The number of benzene rings is 1. The summed E-state index contributed by atoms with van der Waals surface area (Å²) in [6.45, 7) is 0.524. The van der Waals surface area contributed by atoms with Crippen LogP contribution in [0.5, 0.6) is 0 Å². The minimum absolute atomic E-state index is 0.0689. The molecule has 3 rings (SSSR count). The van der Waals surface area contributed by atoms with Crippen molar-refractivity contribution >= 4 is 23.7 Å². The highest BCUT2D eigenvalue weighted by molar-refractivity contribution is 5.91. The third-order valence-corrected chi connectivity index (χ3v) is 6.79. The summed E-state index contributed by atoms with van der Waals surface area (Å²) in [5.74, 6) is -1.27. The van der Waals surface area contributed by atoms with E-state index in [1.807, 2.05) is 18.2 Å². The molecule has 1 aliphatic heterocycles. The van der Waals surface area contributed by atoms with Gasteiger partial charge < -0.3 is 15.0 Å². The molecule has 3 amide bonds. The van der Waals surface area contributed by atoms with Gasteiger partial charge in [-0.3, -0.25) is 19.6 Å². The fourth-order valence-corrected chi connectivity index (χ4v) is 4.85. The number of nitrogens with one attached hydrogen (secondary N) is 2. The number of amides is 3. The highest BCUT2D eigenvalue weighted by Gasteiger charge is 2.36. The van der Waals surface area contributed by atoms with E-state index in [2.05, 4.69) is 5.32 Å². The van der Waals surface area contributed by atoms with Crippen LogP contribution in [0, 0.1) is 0 Å². The Balaban J connectivity index is 1.53. The molecule has 1 aliphatic carbocycles. The summed E-state index contributed by atoms with van der Waals surface area (Å²) in [6.07, 6.45) is 8.45. The molecule has 35 heavy (non-hydrogen) atoms. The fraction of sp³-hybridized carbons (Fsp3) is 0.615. The molecule has 1 unspecified atom stereocenters. The maximum absolute atomic E-state index is 13.2. The molecule has 1 aromatic carbocycles. The van der Waals surface area contributed by atoms with Crippen LogP contribution in [0.1, 0.15) is 88.7 Å². The maximum atomic E-state index is 13.2. The van der Waals surface area contributed by atoms with Crippen molar-refractivity contribution in [3.05, 3.63) is 35.9 Å². The van der Waals surface area contributed by atoms with Gasteiger partial charge >= 0.3 is 5.97 Å². The summed E-state index contributed by atoms with van der Waals surface area (Å²) in [7, 11) is 0. The van der Waals surface area contributed by atoms with E-state index in [0.29, 0.717) is 37.8 Å². The van der Waals surface area contributed by atoms with E-state index in [1.165, 1.54) is 0 Å². The van der Waals surface area contributed by atoms with Crippen molar-refractivity contribution in [1.29, 1.82) is 0 Å². The van der Waals surface area contributed by atoms with E-state index in [9.17, 15) is 19.2 Å². The molecule has 1 aromatic rings. The summed E-state index contributed by atoms with van der Waals surface area (Å²) in [5, 5.41) is 11.4. The summed E-state index contributed by atoms with van der Waals surface area (Å²) in [5.41, 5.74) is 2.27. The first-order valence-electron chi connectivity index (χ1n) is 12.8. The van der Waals surface area contributed by atoms with Crippen molar-refractivity contribution in [3.63, 3.8) is 0 Å². The quantitative estimate of drug-likeness (QED) is 0.180. The minimum atomic E-state index is -0.905. The Morgan fingerprint density at radius 2 is 1.63 bits per heavy atom. The van der Waals surface area contributed by atoms with Crippen molar-refractivity contribution in [2.75, 3.05) is 6.54 Å². The lowest BCUT2D eigenvalue weighted by Gasteiger charge is -2.27. The predicted octanol–water partition coefficient (Wildman–Crippen LogP) is 3.17. The van der Waals surface area contributed by atoms with Crippen molar-refractivity contribution in [2.24, 2.45) is 0 Å². The average molecular weight is 488 g/mol. The first-order valence-corrected chi connectivity index (χ1v) is 12.8. The number of unbranched alkanes of at least 4 members (excludes halogenated alkanes) is 3. The Morgan fingerprint density at radius 1 is 0.943 bits per heavy atom. The zero-order chi connectivity index (χ0) is 25.0. The predicted molar refractivity (Wildman–Crippen MR) is 128 cm³/mol. The molecule has 0 radical (unpaired) electrons. The van der Waals surface area contributed by atoms with E-state index in [1.54, 1.807) is 22.5 Å². The molecule has 2 atom stereocenters. The second kappa shape index (κ2) is 13.8. The van der Waals surface area contributed by atoms with Gasteiger partial charge in [-0.2, -0.15) is 0 Å². The van der Waals surface area contributed by atoms with E-state index < -0.39 is 24.0 Å². The molecular formula is C26H37N3O6. The zero-order valence-corrected chi connectivity index (χ0v) is 20.2. The zero-order valence-electron chi connectivity index (χ0n) is 20.2. The van der Waals surface area contributed by atoms with Gasteiger partial charge in [-0.15, -0.1) is 0 Å². The second-order valence-electron chi connectivity index (χ2n) is 9.39. The van der Waals surface area contributed by atoms with Crippen LogP contribution in [-0.2, 0) is 23.9 Å². The number of rotatable bonds is 12. The maximum Gasteiger partial charge on any atom is 0.333 e. The smallest absolute Gasteiger partial charge is 0.333 e. The molecule has 3 N–H and O–H groups in total. The fourth-order valence-electron chi connectivity index (χ4n) is 4.85. The van der Waals surface area contributed by atoms with Gasteiger partial charge in [0.1, 0.15) is 12.1 Å². The molecule has 0 aromatic heterocycles. The van der Waals surface area contributed by atoms with Crippen molar-refractivity contribution in [3.8, 4) is 0 Å². The summed E-state index contributed by atoms with van der Waals surface area (Å²) >= 11 is 0. The number of carbonyl (C=O) groups excluding carboxylic acids is 4. The summed E-state index contributed by atoms with van der Waals surface area (Å²) in [6, 6.07) is 7.58. The Kier molecular flexibility index (Phi) is 10.5. The van der Waals surface area contributed by atoms with Crippen molar-refractivity contribution in [2.45, 2.75) is 95.2 Å². The third-order valence-electron chi connectivity index (χ3n) is 6.79. The molecule has 2 fully saturated rings. The minimum Gasteiger partial charge on any atom is -0.461 e. The third kappa shape index (κ3) is 8.06. The first-order chi connectivity index (χ1) is 17.0. The van der Waals surface area contributed by atoms with Gasteiger partial charge in [0, 0.05) is 19.4 Å². The van der Waals surface area contributed by atoms with Gasteiger partial charge in [-0.1, -0.05) is 43.2 Å². The van der Waals surface area contributed by atoms with Gasteiger partial charge in [-0.05, 0) is 56.9 Å². The van der Waals surface area contributed by atoms with Crippen molar-refractivity contribution in [1.82, 2.24) is 15.7 Å². The van der Waals surface area contributed by atoms with Gasteiger partial charge in [0.05, 0.1) is 0 Å². The molecule has 1 saturated heterocycles. The van der Waals surface area contributed by atoms with E-state index in [0.717, 1.165) is 44.9 Å². The van der Waals surface area contributed by atoms with Crippen LogP contribution in [0.4, 0.5) is 0 Å². The first kappa shape index (κ1) is 26.7. The van der Waals surface area contributed by atoms with Crippen molar-refractivity contribution < 1.29 is 29.1 Å². The topological polar surface area (TPSA) is 125 Å². The van der Waals surface area contributed by atoms with E-state index in [-0.39, 0.29) is 24.3 Å². The van der Waals surface area contributed by atoms with E-state index in [4.69, 9.17) is 9.94 Å². The van der Waals surface area contributed by atoms with Crippen LogP contribution in [-0.4, -0.2) is 52.5 Å². The molecule has 2 aliphatic rings. The number of hydroxylamine groups is 1. The number of esters is 1. The number of hydrogen-bond donors (Lipinski definition) is 3. The van der Waals surface area contributed by atoms with Crippen LogP contribution in [0.15, 0.2) is 30.3 Å². The summed E-state index contributed by atoms with van der Waals surface area (Å²) < 4.78 is 5.70. The average Bonchev–Trinajstić information content (AvgIpc) is 3.57. The lowest BCUT2D eigenvalue weighted by molar-refractivity contribution is -0.153. The molecular weight excluding hydrogens is 450 g/mol. The summed E-state index contributed by atoms with van der Waals surface area (Å²) in [4.78, 5) is 51.7. The molecule has 0 bridgehead atoms. The number of likely N-dealkylation sites (tertiary alicyclic amines) is 1. The molecule has 9 nitrogen and oxygen atoms in total. The van der Waals surface area contributed by atoms with Gasteiger partial charge in [0.25, 0.3) is 0 Å². The van der Waals surface area contributed by atoms with Crippen LogP contribution in [0.2, 0.25) is 0 Å². The SMILES string of the molecule is O=C(CCCCCCC(=O)N1CCC[C@H]1C(=O)NC(C(=O)OC1CCCC1)c1ccccc1)NO. The number of carbonyl (C=O) groups is 4. The van der Waals surface area contributed by atoms with Gasteiger partial charge in [-0.25, -0.2) is 10.3 Å². The largest absolute Gasteiger partial charge is 0.461 e. The molecule has 0 spiro atoms. The highest BCUT2D eigenvalue weighted by atomic mass is 16.5. The van der Waals surface area contributed by atoms with Crippen LogP contribution in [0.25, 0.3) is 0 Å². The van der Waals surface area contributed by atoms with E-state index >= 15 is 0 Å². The molecule has 192 valence electrons. The second-order valence-corrected chi connectivity index (χ2v) is 9.39. The Bertz CT molecular complexity index is 856. The van der Waals surface area contributed by atoms with Crippen LogP contribution in [0.3, 0.4) is 0 Å². The molecule has 9 heteroatoms. The monoisotopic (exact) mass is 487 g/mol. The van der Waals surface area contributed by atoms with Crippen LogP contribution >= 0.6 is 0 Å². The number of ether oxygens (including phenoxy) is 1. The number of nitrogens with zero attached hydrogens (tertiary/aromatic N) is 1. The normalized spacial score (nSPS) is 18.8. The standard InChI is InChI=1S/C26H37N3O6/c30-22(28-34)16-6-1-2-7-17-23(31)29-18-10-15-21(29)25(32)27-24(19-11-4-3-5-12-19)26(33)35-20-13-8-9-14-20/h3-5,11-12,20-21,24,34H,1-2,6-10,13-18H2,(H,27,32)(H,28,30)/t21-,24?/m0/s1. The Morgan fingerprint density at radius 3 is 2.31 bits per heavy atom. The highest BCUT2D eigenvalue weighted by Crippen LogP contribution is 2.25.